The van der Waals surface area contributed by atoms with E-state index in [1.165, 1.54) is 0 Å². The van der Waals surface area contributed by atoms with Crippen LogP contribution in [0.15, 0.2) is 53.0 Å². The Bertz CT molecular complexity index is 885. The lowest BCUT2D eigenvalue weighted by Crippen LogP contribution is -2.14. The zero-order chi connectivity index (χ0) is 17.2. The van der Waals surface area contributed by atoms with Crippen LogP contribution < -0.4 is 5.32 Å². The van der Waals surface area contributed by atoms with Crippen LogP contribution >= 0.6 is 15.9 Å². The van der Waals surface area contributed by atoms with E-state index < -0.39 is 0 Å². The van der Waals surface area contributed by atoms with Crippen molar-refractivity contribution in [2.45, 2.75) is 25.3 Å². The molecule has 1 aromatic heterocycles. The van der Waals surface area contributed by atoms with Crippen molar-refractivity contribution in [3.63, 3.8) is 0 Å². The van der Waals surface area contributed by atoms with Gasteiger partial charge in [0.05, 0.1) is 12.5 Å². The van der Waals surface area contributed by atoms with Crippen LogP contribution in [0, 0.1) is 0 Å². The van der Waals surface area contributed by atoms with E-state index in [9.17, 15) is 4.79 Å². The van der Waals surface area contributed by atoms with Gasteiger partial charge in [-0.15, -0.1) is 5.10 Å². The number of nitrogens with one attached hydrogen (secondary N) is 1. The van der Waals surface area contributed by atoms with Gasteiger partial charge in [-0.1, -0.05) is 28.1 Å². The first kappa shape index (κ1) is 16.0. The van der Waals surface area contributed by atoms with Gasteiger partial charge in [-0.25, -0.2) is 4.68 Å². The highest BCUT2D eigenvalue weighted by Gasteiger charge is 2.28. The van der Waals surface area contributed by atoms with Crippen LogP contribution in [-0.2, 0) is 11.2 Å². The average Bonchev–Trinajstić information content (AvgIpc) is 3.34. The minimum Gasteiger partial charge on any atom is -0.326 e. The lowest BCUT2D eigenvalue weighted by Gasteiger charge is -2.07. The van der Waals surface area contributed by atoms with E-state index in [1.54, 1.807) is 0 Å². The molecular weight excluding hydrogens is 382 g/mol. The van der Waals surface area contributed by atoms with E-state index >= 15 is 0 Å². The monoisotopic (exact) mass is 397 g/mol. The number of hydrogen-bond donors (Lipinski definition) is 1. The maximum atomic E-state index is 12.2. The molecule has 0 aliphatic heterocycles. The topological polar surface area (TPSA) is 72.7 Å². The Labute approximate surface area is 153 Å². The Morgan fingerprint density at radius 3 is 2.52 bits per heavy atom. The summed E-state index contributed by atoms with van der Waals surface area (Å²) in [6.07, 6.45) is 2.60. The highest BCUT2D eigenvalue weighted by atomic mass is 79.9. The van der Waals surface area contributed by atoms with Crippen molar-refractivity contribution in [3.8, 4) is 11.4 Å². The molecule has 2 aromatic carbocycles. The normalized spacial score (nSPS) is 13.6. The third-order valence-corrected chi connectivity index (χ3v) is 4.62. The van der Waals surface area contributed by atoms with Crippen molar-refractivity contribution in [1.29, 1.82) is 0 Å². The number of halogens is 1. The van der Waals surface area contributed by atoms with Gasteiger partial charge in [0.1, 0.15) is 0 Å². The Kier molecular flexibility index (Phi) is 4.31. The largest absolute Gasteiger partial charge is 0.326 e. The number of benzene rings is 2. The fraction of sp³-hybridized carbons (Fsp3) is 0.222. The van der Waals surface area contributed by atoms with E-state index in [0.29, 0.717) is 12.5 Å². The van der Waals surface area contributed by atoms with Gasteiger partial charge < -0.3 is 5.32 Å². The number of amides is 1. The third-order valence-electron chi connectivity index (χ3n) is 4.09. The standard InChI is InChI=1S/C18H16BrN5O/c19-14-5-1-12(2-6-14)11-17(25)20-15-7-3-13(4-8-15)18-21-22-23-24(18)16-9-10-16/h1-8,16H,9-11H2,(H,20,25). The minimum atomic E-state index is -0.0436. The summed E-state index contributed by atoms with van der Waals surface area (Å²) < 4.78 is 2.88. The molecule has 0 unspecified atom stereocenters. The first-order chi connectivity index (χ1) is 12.2. The molecule has 0 bridgehead atoms. The Morgan fingerprint density at radius 1 is 1.12 bits per heavy atom. The molecule has 25 heavy (non-hydrogen) atoms. The van der Waals surface area contributed by atoms with Crippen molar-refractivity contribution in [2.75, 3.05) is 5.32 Å². The van der Waals surface area contributed by atoms with E-state index in [-0.39, 0.29) is 5.91 Å². The first-order valence-electron chi connectivity index (χ1n) is 8.11. The molecule has 1 N–H and O–H groups in total. The molecule has 1 amide bonds. The van der Waals surface area contributed by atoms with Gasteiger partial charge in [-0.3, -0.25) is 4.79 Å². The second-order valence-corrected chi connectivity index (χ2v) is 7.02. The molecule has 0 spiro atoms. The molecule has 1 fully saturated rings. The van der Waals surface area contributed by atoms with Crippen LogP contribution in [0.2, 0.25) is 0 Å². The summed E-state index contributed by atoms with van der Waals surface area (Å²) in [4.78, 5) is 12.2. The molecule has 7 heteroatoms. The summed E-state index contributed by atoms with van der Waals surface area (Å²) in [7, 11) is 0. The van der Waals surface area contributed by atoms with Crippen molar-refractivity contribution in [2.24, 2.45) is 0 Å². The van der Waals surface area contributed by atoms with Gasteiger partial charge in [-0.2, -0.15) is 0 Å². The number of carbonyl (C=O) groups is 1. The van der Waals surface area contributed by atoms with Crippen molar-refractivity contribution in [3.05, 3.63) is 58.6 Å². The second kappa shape index (κ2) is 6.76. The fourth-order valence-corrected chi connectivity index (χ4v) is 2.91. The van der Waals surface area contributed by atoms with Gasteiger partial charge in [0, 0.05) is 15.7 Å². The molecule has 1 aliphatic carbocycles. The number of rotatable bonds is 5. The van der Waals surface area contributed by atoms with Crippen LogP contribution in [0.4, 0.5) is 5.69 Å². The molecule has 0 radical (unpaired) electrons. The minimum absolute atomic E-state index is 0.0436. The molecule has 0 saturated heterocycles. The molecule has 0 atom stereocenters. The van der Waals surface area contributed by atoms with E-state index in [1.807, 2.05) is 53.2 Å². The van der Waals surface area contributed by atoms with Gasteiger partial charge in [0.15, 0.2) is 5.82 Å². The lowest BCUT2D eigenvalue weighted by atomic mass is 10.1. The second-order valence-electron chi connectivity index (χ2n) is 6.11. The summed E-state index contributed by atoms with van der Waals surface area (Å²) >= 11 is 3.39. The van der Waals surface area contributed by atoms with Crippen molar-refractivity contribution < 1.29 is 4.79 Å². The predicted molar refractivity (Wildman–Crippen MR) is 98.0 cm³/mol. The lowest BCUT2D eigenvalue weighted by molar-refractivity contribution is -0.115. The molecule has 1 aliphatic rings. The van der Waals surface area contributed by atoms with Crippen LogP contribution in [0.5, 0.6) is 0 Å². The van der Waals surface area contributed by atoms with Crippen LogP contribution in [0.25, 0.3) is 11.4 Å². The van der Waals surface area contributed by atoms with Gasteiger partial charge in [0.2, 0.25) is 5.91 Å². The highest BCUT2D eigenvalue weighted by Crippen LogP contribution is 2.36. The number of carbonyl (C=O) groups excluding carboxylic acids is 1. The quantitative estimate of drug-likeness (QED) is 0.713. The number of nitrogens with zero attached hydrogens (tertiary/aromatic N) is 4. The zero-order valence-electron chi connectivity index (χ0n) is 13.4. The molecule has 6 nitrogen and oxygen atoms in total. The predicted octanol–water partition coefficient (Wildman–Crippen LogP) is 3.62. The van der Waals surface area contributed by atoms with E-state index in [0.717, 1.165) is 40.0 Å². The number of anilines is 1. The van der Waals surface area contributed by atoms with Gasteiger partial charge in [0.25, 0.3) is 0 Å². The van der Waals surface area contributed by atoms with Crippen LogP contribution in [-0.4, -0.2) is 26.1 Å². The molecule has 1 heterocycles. The Hall–Kier alpha value is -2.54. The Morgan fingerprint density at radius 2 is 1.84 bits per heavy atom. The molecule has 1 saturated carbocycles. The fourth-order valence-electron chi connectivity index (χ4n) is 2.64. The van der Waals surface area contributed by atoms with Crippen molar-refractivity contribution in [1.82, 2.24) is 20.2 Å². The van der Waals surface area contributed by atoms with Gasteiger partial charge >= 0.3 is 0 Å². The molecular formula is C18H16BrN5O. The molecule has 3 aromatic rings. The smallest absolute Gasteiger partial charge is 0.228 e. The number of aromatic nitrogens is 4. The third kappa shape index (κ3) is 3.76. The summed E-state index contributed by atoms with van der Waals surface area (Å²) in [6.45, 7) is 0. The average molecular weight is 398 g/mol. The molecule has 4 rings (SSSR count). The van der Waals surface area contributed by atoms with Crippen LogP contribution in [0.1, 0.15) is 24.4 Å². The maximum absolute atomic E-state index is 12.2. The van der Waals surface area contributed by atoms with Crippen LogP contribution in [0.3, 0.4) is 0 Å². The van der Waals surface area contributed by atoms with Gasteiger partial charge in [-0.05, 0) is 65.2 Å². The van der Waals surface area contributed by atoms with E-state index in [2.05, 4.69) is 36.8 Å². The maximum Gasteiger partial charge on any atom is 0.228 e. The zero-order valence-corrected chi connectivity index (χ0v) is 15.0. The number of hydrogen-bond acceptors (Lipinski definition) is 4. The summed E-state index contributed by atoms with van der Waals surface area (Å²) in [5, 5.41) is 14.9. The highest BCUT2D eigenvalue weighted by molar-refractivity contribution is 9.10. The summed E-state index contributed by atoms with van der Waals surface area (Å²) in [5.74, 6) is 0.730. The van der Waals surface area contributed by atoms with E-state index in [4.69, 9.17) is 0 Å². The van der Waals surface area contributed by atoms with Crippen molar-refractivity contribution >= 4 is 27.5 Å². The summed E-state index contributed by atoms with van der Waals surface area (Å²) in [6, 6.07) is 15.8. The SMILES string of the molecule is O=C(Cc1ccc(Br)cc1)Nc1ccc(-c2nnnn2C2CC2)cc1. The summed E-state index contributed by atoms with van der Waals surface area (Å²) in [5.41, 5.74) is 2.68. The first-order valence-corrected chi connectivity index (χ1v) is 8.91. The molecule has 126 valence electrons. The Balaban J connectivity index is 1.42. The number of tetrazole rings is 1.